The molecule has 4 heterocycles. The molecule has 0 aliphatic carbocycles. The molecule has 0 saturated heterocycles. The third-order valence-electron chi connectivity index (χ3n) is 3.92. The molecule has 4 aromatic heterocycles. The van der Waals surface area contributed by atoms with Gasteiger partial charge in [0.15, 0.2) is 0 Å². The van der Waals surface area contributed by atoms with Gasteiger partial charge in [0.05, 0.1) is 17.8 Å². The minimum Gasteiger partial charge on any atom is -0.355 e. The largest absolute Gasteiger partial charge is 0.355 e. The van der Waals surface area contributed by atoms with Crippen LogP contribution >= 0.6 is 11.3 Å². The molecule has 0 atom stereocenters. The van der Waals surface area contributed by atoms with Gasteiger partial charge in [-0.1, -0.05) is 6.07 Å². The second kappa shape index (κ2) is 7.45. The van der Waals surface area contributed by atoms with Crippen LogP contribution in [0.2, 0.25) is 0 Å². The van der Waals surface area contributed by atoms with Crippen LogP contribution in [0.1, 0.15) is 11.4 Å². The molecule has 26 heavy (non-hydrogen) atoms. The summed E-state index contributed by atoms with van der Waals surface area (Å²) in [6.07, 6.45) is 8.44. The number of carbonyl (C=O) groups excluding carboxylic acids is 1. The van der Waals surface area contributed by atoms with E-state index in [2.05, 4.69) is 20.3 Å². The summed E-state index contributed by atoms with van der Waals surface area (Å²) >= 11 is 1.52. The van der Waals surface area contributed by atoms with Crippen LogP contribution in [0.15, 0.2) is 60.5 Å². The van der Waals surface area contributed by atoms with Crippen molar-refractivity contribution in [3.8, 4) is 10.6 Å². The molecule has 7 heteroatoms. The Hall–Kier alpha value is -3.06. The molecule has 4 rings (SSSR count). The molecule has 4 aromatic rings. The zero-order valence-electron chi connectivity index (χ0n) is 14.0. The minimum absolute atomic E-state index is 0.0307. The van der Waals surface area contributed by atoms with Gasteiger partial charge in [-0.2, -0.15) is 0 Å². The van der Waals surface area contributed by atoms with Gasteiger partial charge in [0, 0.05) is 48.7 Å². The number of fused-ring (bicyclic) bond motifs is 1. The van der Waals surface area contributed by atoms with Gasteiger partial charge < -0.3 is 9.72 Å². The zero-order valence-corrected chi connectivity index (χ0v) is 14.8. The highest BCUT2D eigenvalue weighted by atomic mass is 32.1. The molecular weight excluding hydrogens is 346 g/mol. The standard InChI is InChI=1S/C19H17N5OS/c25-18(10-16-13-26-19(23-16)14-4-3-7-20-11-14)21-8-6-15-12-24-9-2-1-5-17(24)22-15/h1-5,7,9,11-13H,6,8,10H2,(H,21,25). The summed E-state index contributed by atoms with van der Waals surface area (Å²) < 4.78 is 1.98. The van der Waals surface area contributed by atoms with Gasteiger partial charge in [-0.15, -0.1) is 11.3 Å². The number of imidazole rings is 1. The summed E-state index contributed by atoms with van der Waals surface area (Å²) in [5, 5.41) is 5.74. The third-order valence-corrected chi connectivity index (χ3v) is 4.86. The fourth-order valence-electron chi connectivity index (χ4n) is 2.67. The van der Waals surface area contributed by atoms with Crippen molar-refractivity contribution in [2.24, 2.45) is 0 Å². The average molecular weight is 363 g/mol. The van der Waals surface area contributed by atoms with E-state index in [1.807, 2.05) is 52.5 Å². The normalized spacial score (nSPS) is 10.9. The molecule has 0 aliphatic heterocycles. The molecule has 6 nitrogen and oxygen atoms in total. The summed E-state index contributed by atoms with van der Waals surface area (Å²) in [6.45, 7) is 0.558. The van der Waals surface area contributed by atoms with Crippen LogP contribution in [0.5, 0.6) is 0 Å². The van der Waals surface area contributed by atoms with Crippen LogP contribution in [-0.4, -0.2) is 31.8 Å². The van der Waals surface area contributed by atoms with Crippen molar-refractivity contribution in [2.75, 3.05) is 6.54 Å². The van der Waals surface area contributed by atoms with E-state index in [1.54, 1.807) is 12.4 Å². The molecule has 0 unspecified atom stereocenters. The number of nitrogens with zero attached hydrogens (tertiary/aromatic N) is 4. The predicted octanol–water partition coefficient (Wildman–Crippen LogP) is 2.75. The summed E-state index contributed by atoms with van der Waals surface area (Å²) in [7, 11) is 0. The van der Waals surface area contributed by atoms with Crippen molar-refractivity contribution in [2.45, 2.75) is 12.8 Å². The third kappa shape index (κ3) is 3.78. The van der Waals surface area contributed by atoms with Gasteiger partial charge in [0.2, 0.25) is 5.91 Å². The molecule has 0 bridgehead atoms. The maximum atomic E-state index is 12.1. The first-order valence-corrected chi connectivity index (χ1v) is 9.20. The lowest BCUT2D eigenvalue weighted by Gasteiger charge is -2.02. The van der Waals surface area contributed by atoms with Gasteiger partial charge in [0.25, 0.3) is 0 Å². The number of hydrogen-bond donors (Lipinski definition) is 1. The van der Waals surface area contributed by atoms with Crippen LogP contribution in [-0.2, 0) is 17.6 Å². The van der Waals surface area contributed by atoms with E-state index in [4.69, 9.17) is 0 Å². The molecule has 0 saturated carbocycles. The van der Waals surface area contributed by atoms with Gasteiger partial charge in [0.1, 0.15) is 10.7 Å². The number of thiazole rings is 1. The lowest BCUT2D eigenvalue weighted by Crippen LogP contribution is -2.27. The smallest absolute Gasteiger partial charge is 0.226 e. The van der Waals surface area contributed by atoms with E-state index in [1.165, 1.54) is 11.3 Å². The number of nitrogens with one attached hydrogen (secondary N) is 1. The van der Waals surface area contributed by atoms with E-state index in [0.29, 0.717) is 13.0 Å². The van der Waals surface area contributed by atoms with E-state index < -0.39 is 0 Å². The number of rotatable bonds is 6. The Morgan fingerprint density at radius 1 is 1.15 bits per heavy atom. The fraction of sp³-hybridized carbons (Fsp3) is 0.158. The highest BCUT2D eigenvalue weighted by Crippen LogP contribution is 2.22. The lowest BCUT2D eigenvalue weighted by molar-refractivity contribution is -0.120. The first-order valence-electron chi connectivity index (χ1n) is 8.32. The number of carbonyl (C=O) groups is 1. The minimum atomic E-state index is -0.0307. The van der Waals surface area contributed by atoms with Crippen LogP contribution < -0.4 is 5.32 Å². The monoisotopic (exact) mass is 363 g/mol. The van der Waals surface area contributed by atoms with Crippen molar-refractivity contribution in [1.29, 1.82) is 0 Å². The molecular formula is C19H17N5OS. The second-order valence-electron chi connectivity index (χ2n) is 5.86. The van der Waals surface area contributed by atoms with E-state index in [0.717, 1.165) is 27.6 Å². The fourth-order valence-corrected chi connectivity index (χ4v) is 3.49. The Morgan fingerprint density at radius 2 is 2.12 bits per heavy atom. The van der Waals surface area contributed by atoms with Crippen molar-refractivity contribution < 1.29 is 4.79 Å². The maximum absolute atomic E-state index is 12.1. The Bertz CT molecular complexity index is 992. The average Bonchev–Trinajstić information content (AvgIpc) is 3.29. The molecule has 0 aromatic carbocycles. The summed E-state index contributed by atoms with van der Waals surface area (Å²) in [5.41, 5.74) is 3.62. The van der Waals surface area contributed by atoms with Crippen molar-refractivity contribution in [1.82, 2.24) is 24.7 Å². The summed E-state index contributed by atoms with van der Waals surface area (Å²) in [6, 6.07) is 9.73. The van der Waals surface area contributed by atoms with E-state index >= 15 is 0 Å². The number of amides is 1. The van der Waals surface area contributed by atoms with Crippen molar-refractivity contribution >= 4 is 22.9 Å². The quantitative estimate of drug-likeness (QED) is 0.572. The Kier molecular flexibility index (Phi) is 4.70. The molecule has 0 aliphatic rings. The van der Waals surface area contributed by atoms with E-state index in [-0.39, 0.29) is 12.3 Å². The molecule has 0 radical (unpaired) electrons. The number of pyridine rings is 2. The van der Waals surface area contributed by atoms with Crippen molar-refractivity contribution in [3.05, 3.63) is 71.9 Å². The van der Waals surface area contributed by atoms with Gasteiger partial charge >= 0.3 is 0 Å². The molecule has 1 amide bonds. The predicted molar refractivity (Wildman–Crippen MR) is 101 cm³/mol. The van der Waals surface area contributed by atoms with E-state index in [9.17, 15) is 4.79 Å². The van der Waals surface area contributed by atoms with Gasteiger partial charge in [-0.25, -0.2) is 9.97 Å². The summed E-state index contributed by atoms with van der Waals surface area (Å²) in [4.78, 5) is 25.3. The molecule has 0 fully saturated rings. The SMILES string of the molecule is O=C(Cc1csc(-c2cccnc2)n1)NCCc1cn2ccccc2n1. The summed E-state index contributed by atoms with van der Waals surface area (Å²) in [5.74, 6) is -0.0307. The zero-order chi connectivity index (χ0) is 17.8. The van der Waals surface area contributed by atoms with Crippen LogP contribution in [0, 0.1) is 0 Å². The topological polar surface area (TPSA) is 72.2 Å². The molecule has 1 N–H and O–H groups in total. The maximum Gasteiger partial charge on any atom is 0.226 e. The molecule has 0 spiro atoms. The first kappa shape index (κ1) is 16.4. The number of aromatic nitrogens is 4. The van der Waals surface area contributed by atoms with Crippen LogP contribution in [0.25, 0.3) is 16.2 Å². The Morgan fingerprint density at radius 3 is 2.96 bits per heavy atom. The Labute approximate surface area is 154 Å². The van der Waals surface area contributed by atoms with Crippen LogP contribution in [0.3, 0.4) is 0 Å². The molecule has 130 valence electrons. The van der Waals surface area contributed by atoms with Gasteiger partial charge in [-0.3, -0.25) is 9.78 Å². The Balaban J connectivity index is 1.29. The second-order valence-corrected chi connectivity index (χ2v) is 6.72. The van der Waals surface area contributed by atoms with Gasteiger partial charge in [-0.05, 0) is 24.3 Å². The van der Waals surface area contributed by atoms with Crippen LogP contribution in [0.4, 0.5) is 0 Å². The highest BCUT2D eigenvalue weighted by molar-refractivity contribution is 7.13. The number of hydrogen-bond acceptors (Lipinski definition) is 5. The highest BCUT2D eigenvalue weighted by Gasteiger charge is 2.09. The first-order chi connectivity index (χ1) is 12.8. The lowest BCUT2D eigenvalue weighted by atomic mass is 10.3. The van der Waals surface area contributed by atoms with Crippen molar-refractivity contribution in [3.63, 3.8) is 0 Å².